The van der Waals surface area contributed by atoms with Crippen LogP contribution in [0.3, 0.4) is 0 Å². The highest BCUT2D eigenvalue weighted by Gasteiger charge is 2.70. The summed E-state index contributed by atoms with van der Waals surface area (Å²) in [6.07, 6.45) is -5.37. The Labute approximate surface area is 225 Å². The molecule has 39 heavy (non-hydrogen) atoms. The third-order valence-corrected chi connectivity index (χ3v) is 8.69. The molecule has 3 aliphatic heterocycles. The maximum Gasteiger partial charge on any atom is 0.471 e. The lowest BCUT2D eigenvalue weighted by Gasteiger charge is -2.47. The summed E-state index contributed by atoms with van der Waals surface area (Å²) >= 11 is 0. The SMILES string of the molecule is CC1(C)CC(CC(C#N)NC(=O)C2C3C(CN2C(=O)C(NC(=O)C(F)(F)F)C2CC(C)(C)O2)C3(C)C)C(=O)N1. The van der Waals surface area contributed by atoms with Gasteiger partial charge in [-0.25, -0.2) is 0 Å². The van der Waals surface area contributed by atoms with Crippen molar-refractivity contribution in [2.75, 3.05) is 6.54 Å². The van der Waals surface area contributed by atoms with Crippen molar-refractivity contribution in [2.24, 2.45) is 23.2 Å². The number of nitrogens with one attached hydrogen (secondary N) is 3. The van der Waals surface area contributed by atoms with E-state index < -0.39 is 65.2 Å². The number of amides is 4. The molecule has 10 nitrogen and oxygen atoms in total. The molecule has 0 aromatic heterocycles. The Bertz CT molecular complexity index is 1110. The molecule has 4 aliphatic rings. The molecular weight excluding hydrogens is 519 g/mol. The van der Waals surface area contributed by atoms with Gasteiger partial charge in [-0.3, -0.25) is 19.2 Å². The van der Waals surface area contributed by atoms with E-state index in [-0.39, 0.29) is 42.5 Å². The number of carbonyl (C=O) groups excluding carboxylic acids is 4. The Kier molecular flexibility index (Phi) is 6.98. The van der Waals surface area contributed by atoms with Crippen LogP contribution in [0.4, 0.5) is 13.2 Å². The number of likely N-dealkylation sites (tertiary alicyclic amines) is 1. The van der Waals surface area contributed by atoms with Crippen LogP contribution in [0, 0.1) is 34.5 Å². The van der Waals surface area contributed by atoms with Crippen molar-refractivity contribution in [1.29, 1.82) is 5.26 Å². The van der Waals surface area contributed by atoms with Crippen molar-refractivity contribution in [3.05, 3.63) is 0 Å². The molecule has 3 heterocycles. The first-order valence-electron chi connectivity index (χ1n) is 13.2. The Balaban J connectivity index is 1.52. The number of piperidine rings is 1. The molecule has 0 aromatic rings. The Morgan fingerprint density at radius 2 is 1.77 bits per heavy atom. The minimum atomic E-state index is -5.20. The molecule has 4 rings (SSSR count). The second kappa shape index (κ2) is 9.35. The summed E-state index contributed by atoms with van der Waals surface area (Å²) in [4.78, 5) is 52.6. The molecular formula is C26H36F3N5O5. The van der Waals surface area contributed by atoms with Crippen LogP contribution in [0.15, 0.2) is 0 Å². The fourth-order valence-corrected chi connectivity index (χ4v) is 6.67. The highest BCUT2D eigenvalue weighted by atomic mass is 19.4. The first-order chi connectivity index (χ1) is 17.8. The average Bonchev–Trinajstić information content (AvgIpc) is 3.08. The van der Waals surface area contributed by atoms with E-state index in [2.05, 4.69) is 10.6 Å². The minimum absolute atomic E-state index is 0.0723. The lowest BCUT2D eigenvalue weighted by Crippen LogP contribution is -2.65. The number of rotatable bonds is 7. The van der Waals surface area contributed by atoms with Gasteiger partial charge in [-0.1, -0.05) is 13.8 Å². The number of hydrogen-bond acceptors (Lipinski definition) is 6. The standard InChI is InChI=1S/C26H36F3N5O5/c1-23(2)8-12(19(35)33-23)7-13(10-30)31-20(36)18-16-14(25(16,5)6)11-34(18)21(37)17(15-9-24(3,4)39-15)32-22(38)26(27,28)29/h12-18H,7-9,11H2,1-6H3,(H,31,36)(H,32,38)(H,33,35). The van der Waals surface area contributed by atoms with Gasteiger partial charge in [-0.2, -0.15) is 18.4 Å². The van der Waals surface area contributed by atoms with Gasteiger partial charge in [0.2, 0.25) is 17.7 Å². The second-order valence-electron chi connectivity index (χ2n) is 13.2. The van der Waals surface area contributed by atoms with Crippen LogP contribution in [0.5, 0.6) is 0 Å². The van der Waals surface area contributed by atoms with Crippen LogP contribution in [0.1, 0.15) is 60.8 Å². The molecule has 0 bridgehead atoms. The van der Waals surface area contributed by atoms with Crippen molar-refractivity contribution in [1.82, 2.24) is 20.9 Å². The minimum Gasteiger partial charge on any atom is -0.369 e. The van der Waals surface area contributed by atoms with Crippen molar-refractivity contribution in [2.45, 2.75) is 102 Å². The number of alkyl halides is 3. The van der Waals surface area contributed by atoms with Crippen molar-refractivity contribution in [3.8, 4) is 6.07 Å². The topological polar surface area (TPSA) is 141 Å². The molecule has 0 spiro atoms. The van der Waals surface area contributed by atoms with Crippen LogP contribution in [-0.2, 0) is 23.9 Å². The quantitative estimate of drug-likeness (QED) is 0.434. The molecule has 4 amide bonds. The van der Waals surface area contributed by atoms with Crippen molar-refractivity contribution < 1.29 is 37.1 Å². The normalized spacial score (nSPS) is 33.1. The molecule has 216 valence electrons. The highest BCUT2D eigenvalue weighted by molar-refractivity contribution is 5.95. The molecule has 1 aliphatic carbocycles. The van der Waals surface area contributed by atoms with Crippen molar-refractivity contribution >= 4 is 23.6 Å². The number of fused-ring (bicyclic) bond motifs is 1. The number of carbonyl (C=O) groups is 4. The molecule has 4 fully saturated rings. The fraction of sp³-hybridized carbons (Fsp3) is 0.808. The second-order valence-corrected chi connectivity index (χ2v) is 13.2. The Morgan fingerprint density at radius 3 is 2.26 bits per heavy atom. The van der Waals surface area contributed by atoms with Gasteiger partial charge in [0.25, 0.3) is 0 Å². The van der Waals surface area contributed by atoms with Crippen LogP contribution in [-0.4, -0.2) is 76.6 Å². The first kappa shape index (κ1) is 29.1. The van der Waals surface area contributed by atoms with Crippen LogP contribution in [0.2, 0.25) is 0 Å². The van der Waals surface area contributed by atoms with Gasteiger partial charge in [0.1, 0.15) is 18.1 Å². The number of nitriles is 1. The summed E-state index contributed by atoms with van der Waals surface area (Å²) in [7, 11) is 0. The van der Waals surface area contributed by atoms with Gasteiger partial charge < -0.3 is 25.6 Å². The molecule has 7 atom stereocenters. The summed E-state index contributed by atoms with van der Waals surface area (Å²) in [5.41, 5.74) is -1.39. The molecule has 3 N–H and O–H groups in total. The Morgan fingerprint density at radius 1 is 1.15 bits per heavy atom. The van der Waals surface area contributed by atoms with Crippen LogP contribution < -0.4 is 16.0 Å². The summed E-state index contributed by atoms with van der Waals surface area (Å²) in [6, 6.07) is -1.65. The monoisotopic (exact) mass is 555 g/mol. The third-order valence-electron chi connectivity index (χ3n) is 8.69. The van der Waals surface area contributed by atoms with E-state index in [0.717, 1.165) is 0 Å². The first-order valence-corrected chi connectivity index (χ1v) is 13.2. The van der Waals surface area contributed by atoms with Gasteiger partial charge >= 0.3 is 12.1 Å². The van der Waals surface area contributed by atoms with E-state index in [1.807, 2.05) is 33.8 Å². The lowest BCUT2D eigenvalue weighted by atomic mass is 9.87. The van der Waals surface area contributed by atoms with E-state index in [9.17, 15) is 37.6 Å². The maximum atomic E-state index is 13.7. The molecule has 0 aromatic carbocycles. The van der Waals surface area contributed by atoms with Gasteiger partial charge in [-0.05, 0) is 57.8 Å². The Hall–Kier alpha value is -2.88. The average molecular weight is 556 g/mol. The lowest BCUT2D eigenvalue weighted by molar-refractivity contribution is -0.205. The van der Waals surface area contributed by atoms with E-state index in [1.54, 1.807) is 19.2 Å². The zero-order chi connectivity index (χ0) is 29.3. The zero-order valence-electron chi connectivity index (χ0n) is 22.9. The molecule has 3 saturated heterocycles. The van der Waals surface area contributed by atoms with E-state index in [1.165, 1.54) is 4.90 Å². The molecule has 1 saturated carbocycles. The van der Waals surface area contributed by atoms with Crippen LogP contribution >= 0.6 is 0 Å². The van der Waals surface area contributed by atoms with Gasteiger partial charge in [0.15, 0.2) is 0 Å². The molecule has 7 unspecified atom stereocenters. The highest BCUT2D eigenvalue weighted by Crippen LogP contribution is 2.65. The molecule has 0 radical (unpaired) electrons. The summed E-state index contributed by atoms with van der Waals surface area (Å²) in [6.45, 7) is 11.2. The number of ether oxygens (including phenoxy) is 1. The van der Waals surface area contributed by atoms with E-state index in [4.69, 9.17) is 4.74 Å². The molecule has 13 heteroatoms. The summed E-state index contributed by atoms with van der Waals surface area (Å²) in [5.74, 6) is -4.73. The zero-order valence-corrected chi connectivity index (χ0v) is 22.9. The van der Waals surface area contributed by atoms with Gasteiger partial charge in [0, 0.05) is 24.4 Å². The summed E-state index contributed by atoms with van der Waals surface area (Å²) in [5, 5.41) is 17.0. The number of halogens is 3. The predicted octanol–water partition coefficient (Wildman–Crippen LogP) is 1.40. The largest absolute Gasteiger partial charge is 0.471 e. The van der Waals surface area contributed by atoms with Gasteiger partial charge in [0.05, 0.1) is 17.8 Å². The van der Waals surface area contributed by atoms with E-state index in [0.29, 0.717) is 6.42 Å². The third kappa shape index (κ3) is 5.58. The van der Waals surface area contributed by atoms with Gasteiger partial charge in [-0.15, -0.1) is 0 Å². The van der Waals surface area contributed by atoms with E-state index >= 15 is 0 Å². The number of hydrogen-bond donors (Lipinski definition) is 3. The predicted molar refractivity (Wildman–Crippen MR) is 130 cm³/mol. The maximum absolute atomic E-state index is 13.7. The van der Waals surface area contributed by atoms with Crippen molar-refractivity contribution in [3.63, 3.8) is 0 Å². The van der Waals surface area contributed by atoms with Crippen LogP contribution in [0.25, 0.3) is 0 Å². The smallest absolute Gasteiger partial charge is 0.369 e. The fourth-order valence-electron chi connectivity index (χ4n) is 6.67. The number of nitrogens with zero attached hydrogens (tertiary/aromatic N) is 2. The summed E-state index contributed by atoms with van der Waals surface area (Å²) < 4.78 is 44.9.